The van der Waals surface area contributed by atoms with E-state index in [-0.39, 0.29) is 36.2 Å². The first-order valence-corrected chi connectivity index (χ1v) is 14.6. The minimum absolute atomic E-state index is 0.163. The van der Waals surface area contributed by atoms with Gasteiger partial charge in [-0.25, -0.2) is 0 Å². The monoisotopic (exact) mass is 545 g/mol. The molecule has 0 aliphatic carbocycles. The number of aldehydes is 1. The number of rotatable bonds is 18. The molecule has 1 fully saturated rings. The fraction of sp³-hybridized carbons (Fsp3) is 0.967. The third kappa shape index (κ3) is 10.8. The van der Waals surface area contributed by atoms with Crippen molar-refractivity contribution in [1.29, 1.82) is 0 Å². The van der Waals surface area contributed by atoms with Crippen LogP contribution in [0.25, 0.3) is 0 Å². The van der Waals surface area contributed by atoms with Gasteiger partial charge in [0.05, 0.1) is 30.0 Å². The van der Waals surface area contributed by atoms with Gasteiger partial charge in [-0.1, -0.05) is 34.6 Å². The van der Waals surface area contributed by atoms with Crippen LogP contribution in [-0.4, -0.2) is 97.7 Å². The number of hydrogen-bond acceptors (Lipinski definition) is 8. The Kier molecular flexibility index (Phi) is 15.5. The minimum atomic E-state index is -0.866. The van der Waals surface area contributed by atoms with Gasteiger partial charge in [-0.15, -0.1) is 0 Å². The summed E-state index contributed by atoms with van der Waals surface area (Å²) in [6.07, 6.45) is 2.42. The third-order valence-electron chi connectivity index (χ3n) is 8.55. The molecule has 0 aromatic heterocycles. The highest BCUT2D eigenvalue weighted by Gasteiger charge is 2.39. The van der Waals surface area contributed by atoms with Crippen molar-refractivity contribution in [2.24, 2.45) is 23.7 Å². The van der Waals surface area contributed by atoms with Crippen molar-refractivity contribution in [3.63, 3.8) is 0 Å². The summed E-state index contributed by atoms with van der Waals surface area (Å²) in [5.74, 6) is 0.832. The van der Waals surface area contributed by atoms with Crippen molar-refractivity contribution in [2.75, 3.05) is 27.8 Å². The first kappa shape index (κ1) is 35.4. The second-order valence-electron chi connectivity index (χ2n) is 12.5. The van der Waals surface area contributed by atoms with Crippen molar-refractivity contribution >= 4 is 6.29 Å². The Morgan fingerprint density at radius 1 is 1.13 bits per heavy atom. The van der Waals surface area contributed by atoms with E-state index in [1.165, 1.54) is 0 Å². The van der Waals surface area contributed by atoms with Crippen molar-refractivity contribution in [1.82, 2.24) is 4.90 Å². The van der Waals surface area contributed by atoms with Gasteiger partial charge in [0.2, 0.25) is 0 Å². The lowest BCUT2D eigenvalue weighted by molar-refractivity contribution is -0.271. The van der Waals surface area contributed by atoms with Crippen LogP contribution >= 0.6 is 0 Å². The Bertz CT molecular complexity index is 659. The van der Waals surface area contributed by atoms with E-state index in [2.05, 4.69) is 39.6 Å². The van der Waals surface area contributed by atoms with Crippen LogP contribution in [0.2, 0.25) is 0 Å². The highest BCUT2D eigenvalue weighted by molar-refractivity contribution is 5.53. The maximum atomic E-state index is 11.7. The number of aliphatic hydroxyl groups is 2. The Balaban J connectivity index is 2.67. The van der Waals surface area contributed by atoms with E-state index in [0.717, 1.165) is 32.1 Å². The van der Waals surface area contributed by atoms with Crippen LogP contribution in [0.15, 0.2) is 0 Å². The highest BCUT2D eigenvalue weighted by Crippen LogP contribution is 2.31. The normalized spacial score (nSPS) is 29.6. The van der Waals surface area contributed by atoms with E-state index in [4.69, 9.17) is 18.9 Å². The summed E-state index contributed by atoms with van der Waals surface area (Å²) in [5.41, 5.74) is -0.866. The zero-order valence-electron chi connectivity index (χ0n) is 26.1. The molecule has 1 heterocycles. The molecule has 1 aliphatic heterocycles. The molecule has 8 unspecified atom stereocenters. The molecule has 226 valence electrons. The molecule has 8 heteroatoms. The van der Waals surface area contributed by atoms with Crippen LogP contribution < -0.4 is 0 Å². The molecule has 0 spiro atoms. The molecule has 1 aliphatic rings. The molecule has 0 bridgehead atoms. The SMILES string of the molecule is CCC(OC)[C@@](C)(O)C[C@@H](C)N(C)C[C@H](C)CC(C)CC(C)C(OC1CC(OC)C(O)[C@H](C)O1)C(C)C=O. The lowest BCUT2D eigenvalue weighted by Crippen LogP contribution is -2.50. The largest absolute Gasteiger partial charge is 0.388 e. The number of nitrogens with zero attached hydrogens (tertiary/aromatic N) is 1. The van der Waals surface area contributed by atoms with Crippen LogP contribution in [0.4, 0.5) is 0 Å². The van der Waals surface area contributed by atoms with E-state index in [1.807, 2.05) is 27.7 Å². The maximum Gasteiger partial charge on any atom is 0.161 e. The van der Waals surface area contributed by atoms with Gasteiger partial charge in [-0.05, 0) is 71.3 Å². The lowest BCUT2D eigenvalue weighted by Gasteiger charge is -2.40. The number of hydrogen-bond donors (Lipinski definition) is 2. The summed E-state index contributed by atoms with van der Waals surface area (Å²) in [6.45, 7) is 17.4. The molecule has 1 saturated heterocycles. The Morgan fingerprint density at radius 3 is 2.29 bits per heavy atom. The number of ether oxygens (including phenoxy) is 4. The summed E-state index contributed by atoms with van der Waals surface area (Å²) in [4.78, 5) is 14.1. The van der Waals surface area contributed by atoms with Gasteiger partial charge in [0.25, 0.3) is 0 Å². The van der Waals surface area contributed by atoms with Gasteiger partial charge < -0.3 is 38.9 Å². The van der Waals surface area contributed by atoms with Crippen LogP contribution in [0.1, 0.15) is 87.5 Å². The van der Waals surface area contributed by atoms with Gasteiger partial charge in [0.1, 0.15) is 12.4 Å². The molecular formula is C30H59NO7. The molecule has 38 heavy (non-hydrogen) atoms. The molecule has 12 atom stereocenters. The number of carbonyl (C=O) groups excluding carboxylic acids is 1. The molecule has 0 saturated carbocycles. The van der Waals surface area contributed by atoms with Gasteiger partial charge in [0, 0.05) is 39.1 Å². The standard InChI is InChI=1S/C30H59NO7/c1-12-26(36-11)30(8,34)16-23(6)31(9)17-20(3)13-19(2)14-21(4)29(22(5)18-32)38-27-15-25(35-10)28(33)24(7)37-27/h18-29,33-34H,12-17H2,1-11H3/t19?,20-,21?,22?,23-,24+,25?,26?,27?,28?,29?,30+/m1/s1. The van der Waals surface area contributed by atoms with E-state index < -0.39 is 24.1 Å². The van der Waals surface area contributed by atoms with Gasteiger partial charge in [-0.2, -0.15) is 0 Å². The average molecular weight is 546 g/mol. The molecule has 0 amide bonds. The van der Waals surface area contributed by atoms with E-state index >= 15 is 0 Å². The zero-order valence-corrected chi connectivity index (χ0v) is 26.1. The molecule has 2 N–H and O–H groups in total. The molecule has 0 radical (unpaired) electrons. The third-order valence-corrected chi connectivity index (χ3v) is 8.55. The van der Waals surface area contributed by atoms with Crippen molar-refractivity contribution in [2.45, 2.75) is 136 Å². The predicted molar refractivity (Wildman–Crippen MR) is 151 cm³/mol. The number of aliphatic hydroxyl groups excluding tert-OH is 1. The Hall–Kier alpha value is -0.610. The van der Waals surface area contributed by atoms with Crippen LogP contribution in [0.5, 0.6) is 0 Å². The molecule has 0 aromatic carbocycles. The topological polar surface area (TPSA) is 97.7 Å². The first-order chi connectivity index (χ1) is 17.7. The minimum Gasteiger partial charge on any atom is -0.388 e. The van der Waals surface area contributed by atoms with E-state index in [1.54, 1.807) is 14.2 Å². The number of carbonyl (C=O) groups is 1. The van der Waals surface area contributed by atoms with Crippen molar-refractivity contribution in [3.05, 3.63) is 0 Å². The Morgan fingerprint density at radius 2 is 1.76 bits per heavy atom. The van der Waals surface area contributed by atoms with Crippen molar-refractivity contribution < 1.29 is 34.0 Å². The van der Waals surface area contributed by atoms with Crippen LogP contribution in [-0.2, 0) is 23.7 Å². The first-order valence-electron chi connectivity index (χ1n) is 14.6. The van der Waals surface area contributed by atoms with E-state index in [9.17, 15) is 15.0 Å². The quantitative estimate of drug-likeness (QED) is 0.246. The van der Waals surface area contributed by atoms with Crippen LogP contribution in [0.3, 0.4) is 0 Å². The highest BCUT2D eigenvalue weighted by atomic mass is 16.7. The lowest BCUT2D eigenvalue weighted by atomic mass is 9.83. The van der Waals surface area contributed by atoms with E-state index in [0.29, 0.717) is 24.7 Å². The second-order valence-corrected chi connectivity index (χ2v) is 12.5. The molecule has 1 rings (SSSR count). The maximum absolute atomic E-state index is 11.7. The zero-order chi connectivity index (χ0) is 29.2. The summed E-state index contributed by atoms with van der Waals surface area (Å²) in [5, 5.41) is 21.2. The molecular weight excluding hydrogens is 486 g/mol. The fourth-order valence-electron chi connectivity index (χ4n) is 6.40. The second kappa shape index (κ2) is 16.6. The summed E-state index contributed by atoms with van der Waals surface area (Å²) >= 11 is 0. The average Bonchev–Trinajstić information content (AvgIpc) is 2.83. The summed E-state index contributed by atoms with van der Waals surface area (Å²) < 4.78 is 23.2. The summed E-state index contributed by atoms with van der Waals surface area (Å²) in [7, 11) is 5.38. The fourth-order valence-corrected chi connectivity index (χ4v) is 6.40. The molecule has 8 nitrogen and oxygen atoms in total. The van der Waals surface area contributed by atoms with Gasteiger partial charge in [0.15, 0.2) is 6.29 Å². The predicted octanol–water partition coefficient (Wildman–Crippen LogP) is 4.29. The number of methoxy groups -OCH3 is 2. The van der Waals surface area contributed by atoms with Crippen molar-refractivity contribution in [3.8, 4) is 0 Å². The molecule has 0 aromatic rings. The smallest absolute Gasteiger partial charge is 0.161 e. The van der Waals surface area contributed by atoms with Gasteiger partial charge >= 0.3 is 0 Å². The van der Waals surface area contributed by atoms with Crippen LogP contribution in [0, 0.1) is 23.7 Å². The summed E-state index contributed by atoms with van der Waals surface area (Å²) in [6, 6.07) is 0.226. The Labute approximate surface area is 232 Å². The van der Waals surface area contributed by atoms with Gasteiger partial charge in [-0.3, -0.25) is 0 Å².